The van der Waals surface area contributed by atoms with Gasteiger partial charge in [0.2, 0.25) is 0 Å². The number of aliphatic hydroxyl groups is 1. The summed E-state index contributed by atoms with van der Waals surface area (Å²) in [6.45, 7) is 1.76. The third-order valence-electron chi connectivity index (χ3n) is 2.63. The maximum absolute atomic E-state index is 8.67. The summed E-state index contributed by atoms with van der Waals surface area (Å²) in [5.74, 6) is 1.31. The standard InChI is InChI=1S/C13H20ClNO3/c1-17-12-7-10(9-15-5-3-4-6-16)11(14)8-13(12)18-2/h7-8,15-16H,3-6,9H2,1-2H3. The Balaban J connectivity index is 2.59. The molecule has 1 aromatic rings. The van der Waals surface area contributed by atoms with E-state index >= 15 is 0 Å². The van der Waals surface area contributed by atoms with Crippen molar-refractivity contribution in [1.29, 1.82) is 0 Å². The number of unbranched alkanes of at least 4 members (excludes halogenated alkanes) is 1. The van der Waals surface area contributed by atoms with Crippen molar-refractivity contribution in [2.45, 2.75) is 19.4 Å². The molecule has 0 heterocycles. The number of ether oxygens (including phenoxy) is 2. The molecule has 0 aromatic heterocycles. The second-order valence-corrected chi connectivity index (χ2v) is 4.31. The molecular weight excluding hydrogens is 254 g/mol. The Morgan fingerprint density at radius 1 is 1.17 bits per heavy atom. The van der Waals surface area contributed by atoms with Crippen LogP contribution in [0.5, 0.6) is 11.5 Å². The zero-order valence-electron chi connectivity index (χ0n) is 10.8. The lowest BCUT2D eigenvalue weighted by Gasteiger charge is -2.12. The van der Waals surface area contributed by atoms with Crippen molar-refractivity contribution in [3.63, 3.8) is 0 Å². The molecule has 1 rings (SSSR count). The summed E-state index contributed by atoms with van der Waals surface area (Å²) in [6, 6.07) is 3.63. The molecule has 0 aliphatic carbocycles. The average molecular weight is 274 g/mol. The van der Waals surface area contributed by atoms with E-state index in [1.54, 1.807) is 20.3 Å². The number of halogens is 1. The maximum Gasteiger partial charge on any atom is 0.162 e. The third-order valence-corrected chi connectivity index (χ3v) is 2.98. The van der Waals surface area contributed by atoms with Crippen molar-refractivity contribution < 1.29 is 14.6 Å². The second kappa shape index (κ2) is 8.19. The fourth-order valence-electron chi connectivity index (χ4n) is 1.62. The van der Waals surface area contributed by atoms with Gasteiger partial charge in [-0.2, -0.15) is 0 Å². The lowest BCUT2D eigenvalue weighted by atomic mass is 10.2. The first-order chi connectivity index (χ1) is 8.72. The molecule has 0 saturated carbocycles. The summed E-state index contributed by atoms with van der Waals surface area (Å²) in [4.78, 5) is 0. The van der Waals surface area contributed by atoms with Crippen LogP contribution >= 0.6 is 11.6 Å². The Morgan fingerprint density at radius 3 is 2.44 bits per heavy atom. The van der Waals surface area contributed by atoms with E-state index in [2.05, 4.69) is 5.32 Å². The van der Waals surface area contributed by atoms with Crippen LogP contribution < -0.4 is 14.8 Å². The van der Waals surface area contributed by atoms with Crippen molar-refractivity contribution in [1.82, 2.24) is 5.32 Å². The average Bonchev–Trinajstić information content (AvgIpc) is 2.39. The highest BCUT2D eigenvalue weighted by atomic mass is 35.5. The fraction of sp³-hybridized carbons (Fsp3) is 0.538. The van der Waals surface area contributed by atoms with Crippen molar-refractivity contribution in [3.05, 3.63) is 22.7 Å². The van der Waals surface area contributed by atoms with Crippen LogP contribution in [0.2, 0.25) is 5.02 Å². The quantitative estimate of drug-likeness (QED) is 0.713. The zero-order chi connectivity index (χ0) is 13.4. The maximum atomic E-state index is 8.67. The number of hydrogen-bond donors (Lipinski definition) is 2. The minimum Gasteiger partial charge on any atom is -0.493 e. The molecule has 0 bridgehead atoms. The molecule has 0 fully saturated rings. The van der Waals surface area contributed by atoms with E-state index < -0.39 is 0 Å². The van der Waals surface area contributed by atoms with Gasteiger partial charge in [0.25, 0.3) is 0 Å². The van der Waals surface area contributed by atoms with Crippen LogP contribution in [0.4, 0.5) is 0 Å². The molecule has 0 saturated heterocycles. The molecule has 1 aromatic carbocycles. The van der Waals surface area contributed by atoms with Gasteiger partial charge in [-0.15, -0.1) is 0 Å². The van der Waals surface area contributed by atoms with E-state index in [1.807, 2.05) is 6.07 Å². The zero-order valence-corrected chi connectivity index (χ0v) is 11.6. The van der Waals surface area contributed by atoms with Gasteiger partial charge in [0.1, 0.15) is 0 Å². The van der Waals surface area contributed by atoms with Crippen LogP contribution in [0, 0.1) is 0 Å². The van der Waals surface area contributed by atoms with E-state index in [-0.39, 0.29) is 6.61 Å². The molecule has 0 atom stereocenters. The highest BCUT2D eigenvalue weighted by molar-refractivity contribution is 6.31. The van der Waals surface area contributed by atoms with E-state index in [0.717, 1.165) is 24.9 Å². The first kappa shape index (κ1) is 15.1. The molecule has 0 aliphatic heterocycles. The van der Waals surface area contributed by atoms with Crippen LogP contribution in [0.25, 0.3) is 0 Å². The molecule has 0 amide bonds. The van der Waals surface area contributed by atoms with E-state index in [9.17, 15) is 0 Å². The molecule has 0 aliphatic rings. The first-order valence-electron chi connectivity index (χ1n) is 5.95. The highest BCUT2D eigenvalue weighted by Gasteiger charge is 2.09. The summed E-state index contributed by atoms with van der Waals surface area (Å²) in [7, 11) is 3.19. The predicted molar refractivity (Wildman–Crippen MR) is 72.6 cm³/mol. The Labute approximate surface area is 113 Å². The Kier molecular flexibility index (Phi) is 6.86. The van der Waals surface area contributed by atoms with Crippen LogP contribution in [0.15, 0.2) is 12.1 Å². The van der Waals surface area contributed by atoms with Gasteiger partial charge in [0.15, 0.2) is 11.5 Å². The van der Waals surface area contributed by atoms with Gasteiger partial charge in [-0.05, 0) is 31.0 Å². The van der Waals surface area contributed by atoms with Crippen LogP contribution in [0.3, 0.4) is 0 Å². The van der Waals surface area contributed by atoms with Gasteiger partial charge < -0.3 is 19.9 Å². The first-order valence-corrected chi connectivity index (χ1v) is 6.32. The minimum absolute atomic E-state index is 0.235. The number of hydrogen-bond acceptors (Lipinski definition) is 4. The van der Waals surface area contributed by atoms with Gasteiger partial charge >= 0.3 is 0 Å². The third kappa shape index (κ3) is 4.37. The van der Waals surface area contributed by atoms with Gasteiger partial charge in [-0.25, -0.2) is 0 Å². The van der Waals surface area contributed by atoms with Crippen molar-refractivity contribution in [3.8, 4) is 11.5 Å². The summed E-state index contributed by atoms with van der Waals surface area (Å²) in [5.41, 5.74) is 0.971. The molecule has 5 heteroatoms. The summed E-state index contributed by atoms with van der Waals surface area (Å²) in [6.07, 6.45) is 1.76. The van der Waals surface area contributed by atoms with Crippen molar-refractivity contribution in [2.75, 3.05) is 27.4 Å². The van der Waals surface area contributed by atoms with Gasteiger partial charge in [-0.3, -0.25) is 0 Å². The van der Waals surface area contributed by atoms with E-state index in [1.165, 1.54) is 0 Å². The largest absolute Gasteiger partial charge is 0.493 e. The smallest absolute Gasteiger partial charge is 0.162 e. The molecule has 18 heavy (non-hydrogen) atoms. The monoisotopic (exact) mass is 273 g/mol. The topological polar surface area (TPSA) is 50.7 Å². The Bertz CT molecular complexity index is 371. The molecule has 0 radical (unpaired) electrons. The van der Waals surface area contributed by atoms with E-state index in [4.69, 9.17) is 26.2 Å². The van der Waals surface area contributed by atoms with E-state index in [0.29, 0.717) is 23.1 Å². The SMILES string of the molecule is COc1cc(Cl)c(CNCCCCO)cc1OC. The van der Waals surface area contributed by atoms with Crippen molar-refractivity contribution >= 4 is 11.6 Å². The van der Waals surface area contributed by atoms with Gasteiger partial charge in [0.05, 0.1) is 14.2 Å². The molecule has 0 spiro atoms. The fourth-order valence-corrected chi connectivity index (χ4v) is 1.84. The minimum atomic E-state index is 0.235. The molecular formula is C13H20ClNO3. The summed E-state index contributed by atoms with van der Waals surface area (Å²) in [5, 5.41) is 12.6. The Hall–Kier alpha value is -0.970. The highest BCUT2D eigenvalue weighted by Crippen LogP contribution is 2.32. The van der Waals surface area contributed by atoms with Gasteiger partial charge in [0, 0.05) is 24.2 Å². The normalized spacial score (nSPS) is 10.4. The molecule has 102 valence electrons. The number of aliphatic hydroxyl groups excluding tert-OH is 1. The molecule has 2 N–H and O–H groups in total. The number of nitrogens with one attached hydrogen (secondary N) is 1. The number of rotatable bonds is 8. The lowest BCUT2D eigenvalue weighted by Crippen LogP contribution is -2.15. The lowest BCUT2D eigenvalue weighted by molar-refractivity contribution is 0.283. The van der Waals surface area contributed by atoms with Crippen LogP contribution in [-0.2, 0) is 6.54 Å². The van der Waals surface area contributed by atoms with Crippen LogP contribution in [-0.4, -0.2) is 32.5 Å². The molecule has 4 nitrogen and oxygen atoms in total. The summed E-state index contributed by atoms with van der Waals surface area (Å²) >= 11 is 6.16. The summed E-state index contributed by atoms with van der Waals surface area (Å²) < 4.78 is 10.4. The predicted octanol–water partition coefficient (Wildman–Crippen LogP) is 2.22. The number of methoxy groups -OCH3 is 2. The molecule has 0 unspecified atom stereocenters. The number of benzene rings is 1. The second-order valence-electron chi connectivity index (χ2n) is 3.91. The van der Waals surface area contributed by atoms with Gasteiger partial charge in [-0.1, -0.05) is 11.6 Å². The Morgan fingerprint density at radius 2 is 1.83 bits per heavy atom. The van der Waals surface area contributed by atoms with Crippen molar-refractivity contribution in [2.24, 2.45) is 0 Å². The van der Waals surface area contributed by atoms with Crippen LogP contribution in [0.1, 0.15) is 18.4 Å².